The lowest BCUT2D eigenvalue weighted by Gasteiger charge is -2.29. The SMILES string of the molecule is CC(=O)C(C)(COS(=O)(=O)C(F)(F)C(F)(F)C(F)(F)F)C(=O)OC(C)c1ccc(C)cc1. The number of ketones is 1. The number of benzene rings is 1. The standard InChI is InChI=1S/C18H19F7O6S/c1-10-5-7-13(8-6-10)11(2)31-14(27)15(4,12(3)26)9-30-32(28,29)18(24,25)16(19,20)17(21,22)23/h5-8,11H,9H2,1-4H3. The molecule has 1 rings (SSSR count). The third-order valence-electron chi connectivity index (χ3n) is 4.60. The van der Waals surface area contributed by atoms with E-state index in [4.69, 9.17) is 4.74 Å². The van der Waals surface area contributed by atoms with E-state index in [1.54, 1.807) is 31.2 Å². The van der Waals surface area contributed by atoms with Gasteiger partial charge in [-0.05, 0) is 33.3 Å². The Morgan fingerprint density at radius 2 is 1.47 bits per heavy atom. The fourth-order valence-corrected chi connectivity index (χ4v) is 3.06. The highest BCUT2D eigenvalue weighted by Gasteiger charge is 2.79. The van der Waals surface area contributed by atoms with Crippen molar-refractivity contribution in [2.45, 2.75) is 51.2 Å². The maximum atomic E-state index is 13.5. The van der Waals surface area contributed by atoms with Crippen molar-refractivity contribution in [2.24, 2.45) is 5.41 Å². The Bertz CT molecular complexity index is 957. The normalized spacial score (nSPS) is 16.2. The fraction of sp³-hybridized carbons (Fsp3) is 0.556. The number of esters is 1. The van der Waals surface area contributed by atoms with Crippen molar-refractivity contribution in [1.82, 2.24) is 0 Å². The third-order valence-corrected chi connectivity index (χ3v) is 5.91. The summed E-state index contributed by atoms with van der Waals surface area (Å²) in [4.78, 5) is 24.3. The van der Waals surface area contributed by atoms with Gasteiger partial charge in [0, 0.05) is 0 Å². The van der Waals surface area contributed by atoms with Crippen molar-refractivity contribution >= 4 is 21.9 Å². The number of carbonyl (C=O) groups is 2. The number of hydrogen-bond donors (Lipinski definition) is 0. The molecule has 0 heterocycles. The molecule has 32 heavy (non-hydrogen) atoms. The molecule has 1 aromatic carbocycles. The van der Waals surface area contributed by atoms with Gasteiger partial charge in [0.15, 0.2) is 0 Å². The zero-order valence-electron chi connectivity index (χ0n) is 17.1. The van der Waals surface area contributed by atoms with E-state index in [2.05, 4.69) is 4.18 Å². The summed E-state index contributed by atoms with van der Waals surface area (Å²) in [5.41, 5.74) is -1.33. The van der Waals surface area contributed by atoms with Gasteiger partial charge in [0.25, 0.3) is 0 Å². The molecule has 0 aliphatic carbocycles. The maximum absolute atomic E-state index is 13.5. The number of rotatable bonds is 9. The van der Waals surface area contributed by atoms with Crippen LogP contribution in [0.5, 0.6) is 0 Å². The number of hydrogen-bond acceptors (Lipinski definition) is 6. The summed E-state index contributed by atoms with van der Waals surface area (Å²) in [6, 6.07) is 6.42. The summed E-state index contributed by atoms with van der Waals surface area (Å²) >= 11 is 0. The van der Waals surface area contributed by atoms with Crippen LogP contribution in [0.15, 0.2) is 24.3 Å². The van der Waals surface area contributed by atoms with Crippen LogP contribution in [0.4, 0.5) is 30.7 Å². The van der Waals surface area contributed by atoms with Crippen LogP contribution in [0, 0.1) is 12.3 Å². The van der Waals surface area contributed by atoms with Gasteiger partial charge in [0.2, 0.25) is 0 Å². The number of ether oxygens (including phenoxy) is 1. The predicted octanol–water partition coefficient (Wildman–Crippen LogP) is 4.33. The van der Waals surface area contributed by atoms with Gasteiger partial charge in [-0.2, -0.15) is 39.2 Å². The molecule has 0 amide bonds. The molecular formula is C18H19F7O6S. The first-order valence-corrected chi connectivity index (χ1v) is 10.1. The Kier molecular flexibility index (Phi) is 7.79. The Morgan fingerprint density at radius 3 is 1.88 bits per heavy atom. The topological polar surface area (TPSA) is 86.7 Å². The molecular weight excluding hydrogens is 477 g/mol. The quantitative estimate of drug-likeness (QED) is 0.219. The van der Waals surface area contributed by atoms with Gasteiger partial charge in [-0.3, -0.25) is 13.8 Å². The molecule has 0 saturated heterocycles. The number of Topliss-reactive ketones (excluding diaryl/α,β-unsaturated/α-hetero) is 1. The van der Waals surface area contributed by atoms with Gasteiger partial charge in [0.1, 0.15) is 17.3 Å². The average molecular weight is 496 g/mol. The van der Waals surface area contributed by atoms with E-state index in [1.165, 1.54) is 6.92 Å². The highest BCUT2D eigenvalue weighted by atomic mass is 32.2. The minimum Gasteiger partial charge on any atom is -0.457 e. The van der Waals surface area contributed by atoms with E-state index in [1.807, 2.05) is 0 Å². The van der Waals surface area contributed by atoms with Gasteiger partial charge in [-0.25, -0.2) is 0 Å². The second kappa shape index (κ2) is 8.96. The molecule has 0 radical (unpaired) electrons. The molecule has 182 valence electrons. The summed E-state index contributed by atoms with van der Waals surface area (Å²) in [6.45, 7) is 2.75. The molecule has 0 aromatic heterocycles. The highest BCUT2D eigenvalue weighted by Crippen LogP contribution is 2.49. The molecule has 0 saturated carbocycles. The zero-order chi connectivity index (χ0) is 25.3. The Labute approximate surface area is 178 Å². The van der Waals surface area contributed by atoms with Crippen LogP contribution in [-0.2, 0) is 28.6 Å². The smallest absolute Gasteiger partial charge is 0.457 e. The molecule has 0 spiro atoms. The first-order chi connectivity index (χ1) is 14.2. The van der Waals surface area contributed by atoms with Gasteiger partial charge in [-0.1, -0.05) is 29.8 Å². The highest BCUT2D eigenvalue weighted by molar-refractivity contribution is 7.87. The molecule has 6 nitrogen and oxygen atoms in total. The second-order valence-electron chi connectivity index (χ2n) is 7.15. The lowest BCUT2D eigenvalue weighted by molar-refractivity contribution is -0.333. The van der Waals surface area contributed by atoms with Gasteiger partial charge >= 0.3 is 33.4 Å². The zero-order valence-corrected chi connectivity index (χ0v) is 17.9. The summed E-state index contributed by atoms with van der Waals surface area (Å²) in [5.74, 6) is -9.66. The summed E-state index contributed by atoms with van der Waals surface area (Å²) < 4.78 is 122. The molecule has 2 atom stereocenters. The lowest BCUT2D eigenvalue weighted by Crippen LogP contribution is -2.57. The van der Waals surface area contributed by atoms with Crippen LogP contribution in [-0.4, -0.2) is 44.1 Å². The van der Waals surface area contributed by atoms with Crippen molar-refractivity contribution in [3.05, 3.63) is 35.4 Å². The minimum atomic E-state index is -7.01. The van der Waals surface area contributed by atoms with Crippen LogP contribution < -0.4 is 0 Å². The first kappa shape index (κ1) is 27.8. The molecule has 0 aliphatic heterocycles. The monoisotopic (exact) mass is 496 g/mol. The lowest BCUT2D eigenvalue weighted by atomic mass is 9.87. The van der Waals surface area contributed by atoms with Crippen LogP contribution in [0.25, 0.3) is 0 Å². The third kappa shape index (κ3) is 5.22. The van der Waals surface area contributed by atoms with E-state index in [0.29, 0.717) is 12.5 Å². The van der Waals surface area contributed by atoms with E-state index in [-0.39, 0.29) is 0 Å². The largest absolute Gasteiger partial charge is 0.461 e. The van der Waals surface area contributed by atoms with Crippen LogP contribution in [0.2, 0.25) is 0 Å². The molecule has 0 aliphatic rings. The predicted molar refractivity (Wildman–Crippen MR) is 95.3 cm³/mol. The molecule has 0 bridgehead atoms. The van der Waals surface area contributed by atoms with Crippen molar-refractivity contribution < 1.29 is 57.7 Å². The maximum Gasteiger partial charge on any atom is 0.461 e. The van der Waals surface area contributed by atoms with Gasteiger partial charge < -0.3 is 4.74 Å². The molecule has 0 fully saturated rings. The number of aryl methyl sites for hydroxylation is 1. The Balaban J connectivity index is 3.12. The number of halogens is 7. The van der Waals surface area contributed by atoms with Crippen molar-refractivity contribution in [2.75, 3.05) is 6.61 Å². The summed E-state index contributed by atoms with van der Waals surface area (Å²) in [7, 11) is -6.95. The van der Waals surface area contributed by atoms with Gasteiger partial charge in [-0.15, -0.1) is 0 Å². The molecule has 1 aromatic rings. The number of alkyl halides is 7. The number of carbonyl (C=O) groups excluding carboxylic acids is 2. The van der Waals surface area contributed by atoms with Gasteiger partial charge in [0.05, 0.1) is 6.61 Å². The van der Waals surface area contributed by atoms with Crippen molar-refractivity contribution in [1.29, 1.82) is 0 Å². The molecule has 14 heteroatoms. The molecule has 0 N–H and O–H groups in total. The first-order valence-electron chi connectivity index (χ1n) is 8.70. The summed E-state index contributed by atoms with van der Waals surface area (Å²) in [5, 5.41) is -6.74. The molecule has 2 unspecified atom stereocenters. The van der Waals surface area contributed by atoms with Crippen LogP contribution >= 0.6 is 0 Å². The Morgan fingerprint density at radius 1 is 1.00 bits per heavy atom. The van der Waals surface area contributed by atoms with Crippen LogP contribution in [0.3, 0.4) is 0 Å². The fourth-order valence-electron chi connectivity index (χ4n) is 2.09. The Hall–Kier alpha value is -2.22. The summed E-state index contributed by atoms with van der Waals surface area (Å²) in [6.07, 6.45) is -7.95. The van der Waals surface area contributed by atoms with E-state index in [9.17, 15) is 48.7 Å². The van der Waals surface area contributed by atoms with Crippen LogP contribution in [0.1, 0.15) is 38.0 Å². The minimum absolute atomic E-state index is 0.430. The van der Waals surface area contributed by atoms with E-state index >= 15 is 0 Å². The van der Waals surface area contributed by atoms with Crippen molar-refractivity contribution in [3.8, 4) is 0 Å². The second-order valence-corrected chi connectivity index (χ2v) is 8.81. The van der Waals surface area contributed by atoms with Crippen molar-refractivity contribution in [3.63, 3.8) is 0 Å². The van der Waals surface area contributed by atoms with E-state index in [0.717, 1.165) is 12.5 Å². The van der Waals surface area contributed by atoms with E-state index < -0.39 is 57.3 Å². The average Bonchev–Trinajstić information content (AvgIpc) is 2.65.